The molecule has 3 rings (SSSR count). The molecule has 2 atom stereocenters. The molecule has 0 aromatic carbocycles. The molecule has 1 aromatic heterocycles. The predicted octanol–water partition coefficient (Wildman–Crippen LogP) is 2.36. The van der Waals surface area contributed by atoms with Gasteiger partial charge in [-0.25, -0.2) is 0 Å². The number of aryl methyl sites for hydroxylation is 2. The second kappa shape index (κ2) is 8.57. The van der Waals surface area contributed by atoms with E-state index in [1.807, 2.05) is 30.9 Å². The molecule has 0 bridgehead atoms. The van der Waals surface area contributed by atoms with Crippen LogP contribution in [0.5, 0.6) is 5.75 Å². The van der Waals surface area contributed by atoms with E-state index in [9.17, 15) is 9.90 Å². The molecule has 2 aliphatic rings. The monoisotopic (exact) mass is 376 g/mol. The van der Waals surface area contributed by atoms with Crippen LogP contribution in [-0.2, 0) is 16.0 Å². The number of hydrogen-bond acceptors (Lipinski definition) is 5. The fourth-order valence-electron chi connectivity index (χ4n) is 4.38. The van der Waals surface area contributed by atoms with Crippen LogP contribution in [0.25, 0.3) is 0 Å². The first-order valence-corrected chi connectivity index (χ1v) is 10.1. The van der Waals surface area contributed by atoms with E-state index >= 15 is 0 Å². The molecule has 1 aromatic rings. The highest BCUT2D eigenvalue weighted by atomic mass is 16.5. The molecular weight excluding hydrogens is 344 g/mol. The van der Waals surface area contributed by atoms with Crippen molar-refractivity contribution in [1.29, 1.82) is 0 Å². The highest BCUT2D eigenvalue weighted by molar-refractivity contribution is 5.78. The normalized spacial score (nSPS) is 26.8. The van der Waals surface area contributed by atoms with Crippen molar-refractivity contribution in [1.82, 2.24) is 9.88 Å². The van der Waals surface area contributed by atoms with Gasteiger partial charge in [-0.3, -0.25) is 9.78 Å². The number of nitrogens with zero attached hydrogens (tertiary/aromatic N) is 2. The standard InChI is InChI=1S/C21H32N2O4/c1-4-18-19(6-5-16(3)22-18)27-14-20(24)23-10-9-21(25,15(2)13-23)17-7-11-26-12-8-17/h5-6,15,17,25H,4,7-14H2,1-3H3/t15-,21+/m1/s1. The lowest BCUT2D eigenvalue weighted by molar-refractivity contribution is -0.152. The lowest BCUT2D eigenvalue weighted by atomic mass is 9.70. The first kappa shape index (κ1) is 20.1. The zero-order valence-electron chi connectivity index (χ0n) is 16.7. The number of hydrogen-bond donors (Lipinski definition) is 1. The van der Waals surface area contributed by atoms with E-state index in [0.29, 0.717) is 25.3 Å². The number of amides is 1. The summed E-state index contributed by atoms with van der Waals surface area (Å²) >= 11 is 0. The molecule has 0 saturated carbocycles. The van der Waals surface area contributed by atoms with Crippen molar-refractivity contribution < 1.29 is 19.4 Å². The van der Waals surface area contributed by atoms with Crippen LogP contribution >= 0.6 is 0 Å². The van der Waals surface area contributed by atoms with Crippen LogP contribution in [-0.4, -0.2) is 59.4 Å². The van der Waals surface area contributed by atoms with Crippen LogP contribution in [0.3, 0.4) is 0 Å². The van der Waals surface area contributed by atoms with Gasteiger partial charge in [0.2, 0.25) is 0 Å². The summed E-state index contributed by atoms with van der Waals surface area (Å²) in [6, 6.07) is 3.78. The van der Waals surface area contributed by atoms with Gasteiger partial charge in [0.15, 0.2) is 6.61 Å². The Kier molecular flexibility index (Phi) is 6.37. The molecule has 0 spiro atoms. The fourth-order valence-corrected chi connectivity index (χ4v) is 4.38. The van der Waals surface area contributed by atoms with Gasteiger partial charge in [-0.15, -0.1) is 0 Å². The van der Waals surface area contributed by atoms with Crippen molar-refractivity contribution in [2.24, 2.45) is 11.8 Å². The third-order valence-corrected chi connectivity index (χ3v) is 6.17. The van der Waals surface area contributed by atoms with E-state index in [-0.39, 0.29) is 24.3 Å². The minimum Gasteiger partial charge on any atom is -0.482 e. The summed E-state index contributed by atoms with van der Waals surface area (Å²) in [4.78, 5) is 18.9. The fraction of sp³-hybridized carbons (Fsp3) is 0.714. The van der Waals surface area contributed by atoms with Gasteiger partial charge in [-0.2, -0.15) is 0 Å². The summed E-state index contributed by atoms with van der Waals surface area (Å²) in [5.41, 5.74) is 1.13. The molecule has 6 nitrogen and oxygen atoms in total. The molecule has 2 fully saturated rings. The Morgan fingerprint density at radius 3 is 2.81 bits per heavy atom. The number of carbonyl (C=O) groups is 1. The summed E-state index contributed by atoms with van der Waals surface area (Å²) in [5, 5.41) is 11.2. The lowest BCUT2D eigenvalue weighted by Crippen LogP contribution is -2.57. The van der Waals surface area contributed by atoms with Gasteiger partial charge in [0.05, 0.1) is 11.3 Å². The summed E-state index contributed by atoms with van der Waals surface area (Å²) in [6.45, 7) is 8.63. The molecule has 6 heteroatoms. The minimum atomic E-state index is -0.697. The molecule has 0 radical (unpaired) electrons. The number of rotatable bonds is 5. The zero-order valence-corrected chi connectivity index (χ0v) is 16.7. The van der Waals surface area contributed by atoms with Gasteiger partial charge >= 0.3 is 0 Å². The second-order valence-corrected chi connectivity index (χ2v) is 7.91. The third-order valence-electron chi connectivity index (χ3n) is 6.17. The maximum Gasteiger partial charge on any atom is 0.260 e. The predicted molar refractivity (Wildman–Crippen MR) is 103 cm³/mol. The van der Waals surface area contributed by atoms with E-state index in [1.165, 1.54) is 0 Å². The van der Waals surface area contributed by atoms with Crippen molar-refractivity contribution in [2.75, 3.05) is 32.9 Å². The summed E-state index contributed by atoms with van der Waals surface area (Å²) < 4.78 is 11.2. The van der Waals surface area contributed by atoms with Crippen LogP contribution in [0.4, 0.5) is 0 Å². The van der Waals surface area contributed by atoms with Gasteiger partial charge in [0.1, 0.15) is 5.75 Å². The van der Waals surface area contributed by atoms with E-state index in [2.05, 4.69) is 11.9 Å². The Hall–Kier alpha value is -1.66. The quantitative estimate of drug-likeness (QED) is 0.854. The molecule has 2 aliphatic heterocycles. The van der Waals surface area contributed by atoms with Gasteiger partial charge in [0.25, 0.3) is 5.91 Å². The maximum atomic E-state index is 12.6. The average Bonchev–Trinajstić information content (AvgIpc) is 2.69. The Morgan fingerprint density at radius 1 is 1.41 bits per heavy atom. The van der Waals surface area contributed by atoms with Crippen LogP contribution in [0, 0.1) is 18.8 Å². The first-order valence-electron chi connectivity index (χ1n) is 10.1. The Morgan fingerprint density at radius 2 is 2.15 bits per heavy atom. The summed E-state index contributed by atoms with van der Waals surface area (Å²) in [6.07, 6.45) is 3.19. The molecule has 2 saturated heterocycles. The average molecular weight is 376 g/mol. The molecule has 0 aliphatic carbocycles. The van der Waals surface area contributed by atoms with Crippen LogP contribution < -0.4 is 4.74 Å². The number of aromatic nitrogens is 1. The second-order valence-electron chi connectivity index (χ2n) is 7.91. The van der Waals surface area contributed by atoms with Gasteiger partial charge in [-0.05, 0) is 50.7 Å². The van der Waals surface area contributed by atoms with Crippen LogP contribution in [0.1, 0.15) is 44.5 Å². The van der Waals surface area contributed by atoms with Crippen molar-refractivity contribution in [3.05, 3.63) is 23.5 Å². The van der Waals surface area contributed by atoms with E-state index < -0.39 is 5.60 Å². The molecular formula is C21H32N2O4. The Balaban J connectivity index is 1.56. The van der Waals surface area contributed by atoms with Crippen molar-refractivity contribution in [2.45, 2.75) is 52.1 Å². The zero-order chi connectivity index (χ0) is 19.4. The largest absolute Gasteiger partial charge is 0.482 e. The Labute approximate surface area is 161 Å². The molecule has 1 amide bonds. The van der Waals surface area contributed by atoms with Crippen molar-refractivity contribution in [3.63, 3.8) is 0 Å². The Bertz CT molecular complexity index is 660. The highest BCUT2D eigenvalue weighted by Gasteiger charge is 2.46. The van der Waals surface area contributed by atoms with Crippen molar-refractivity contribution in [3.8, 4) is 5.75 Å². The summed E-state index contributed by atoms with van der Waals surface area (Å²) in [7, 11) is 0. The van der Waals surface area contributed by atoms with Crippen molar-refractivity contribution >= 4 is 5.91 Å². The molecule has 1 N–H and O–H groups in total. The van der Waals surface area contributed by atoms with E-state index in [1.54, 1.807) is 0 Å². The molecule has 27 heavy (non-hydrogen) atoms. The molecule has 150 valence electrons. The highest BCUT2D eigenvalue weighted by Crippen LogP contribution is 2.39. The van der Waals surface area contributed by atoms with E-state index in [4.69, 9.17) is 9.47 Å². The van der Waals surface area contributed by atoms with Gasteiger partial charge in [-0.1, -0.05) is 13.8 Å². The van der Waals surface area contributed by atoms with Gasteiger partial charge in [0, 0.05) is 37.9 Å². The first-order chi connectivity index (χ1) is 12.9. The maximum absolute atomic E-state index is 12.6. The van der Waals surface area contributed by atoms with Crippen LogP contribution in [0.2, 0.25) is 0 Å². The number of carbonyl (C=O) groups excluding carboxylic acids is 1. The topological polar surface area (TPSA) is 71.9 Å². The van der Waals surface area contributed by atoms with Crippen LogP contribution in [0.15, 0.2) is 12.1 Å². The van der Waals surface area contributed by atoms with Gasteiger partial charge < -0.3 is 19.5 Å². The number of aliphatic hydroxyl groups is 1. The number of ether oxygens (including phenoxy) is 2. The minimum absolute atomic E-state index is 0.0140. The molecule has 3 heterocycles. The summed E-state index contributed by atoms with van der Waals surface area (Å²) in [5.74, 6) is 0.963. The van der Waals surface area contributed by atoms with E-state index in [0.717, 1.165) is 43.9 Å². The smallest absolute Gasteiger partial charge is 0.260 e. The SMILES string of the molecule is CCc1nc(C)ccc1OCC(=O)N1CC[C@@](O)(C2CCOCC2)[C@H](C)C1. The lowest BCUT2D eigenvalue weighted by Gasteiger charge is -2.48. The number of pyridine rings is 1. The number of piperidine rings is 1. The molecule has 0 unspecified atom stereocenters. The number of likely N-dealkylation sites (tertiary alicyclic amines) is 1. The third kappa shape index (κ3) is 4.43.